The van der Waals surface area contributed by atoms with Gasteiger partial charge in [0.15, 0.2) is 5.82 Å². The predicted octanol–water partition coefficient (Wildman–Crippen LogP) is 2.32. The SMILES string of the molecule is COCc1nc2n(n1)C[C@H](NC[C@@H]1C(C)=CCC[C@@H]1C)CC2. The van der Waals surface area contributed by atoms with E-state index in [9.17, 15) is 0 Å². The van der Waals surface area contributed by atoms with E-state index in [2.05, 4.69) is 40.0 Å². The lowest BCUT2D eigenvalue weighted by Crippen LogP contribution is -2.41. The first-order valence-corrected chi connectivity index (χ1v) is 8.49. The van der Waals surface area contributed by atoms with E-state index in [4.69, 9.17) is 4.74 Å². The van der Waals surface area contributed by atoms with Crippen LogP contribution in [0.2, 0.25) is 0 Å². The molecule has 122 valence electrons. The standard InChI is InChI=1S/C17H28N4O/c1-12-5-4-6-13(2)15(12)9-18-14-7-8-17-19-16(11-22-3)20-21(17)10-14/h5,13-15,18H,4,6-11H2,1-3H3/t13-,14+,15+/m0/s1. The van der Waals surface area contributed by atoms with Gasteiger partial charge < -0.3 is 10.1 Å². The van der Waals surface area contributed by atoms with Gasteiger partial charge >= 0.3 is 0 Å². The summed E-state index contributed by atoms with van der Waals surface area (Å²) < 4.78 is 7.18. The number of allylic oxidation sites excluding steroid dienone is 1. The fraction of sp³-hybridized carbons (Fsp3) is 0.765. The van der Waals surface area contributed by atoms with E-state index in [0.717, 1.165) is 43.5 Å². The summed E-state index contributed by atoms with van der Waals surface area (Å²) in [6.45, 7) is 7.19. The van der Waals surface area contributed by atoms with Gasteiger partial charge in [-0.3, -0.25) is 0 Å². The molecule has 0 unspecified atom stereocenters. The van der Waals surface area contributed by atoms with Crippen LogP contribution in [-0.2, 0) is 24.3 Å². The maximum Gasteiger partial charge on any atom is 0.176 e. The quantitative estimate of drug-likeness (QED) is 0.848. The fourth-order valence-corrected chi connectivity index (χ4v) is 3.75. The van der Waals surface area contributed by atoms with Crippen LogP contribution in [-0.4, -0.2) is 34.5 Å². The molecule has 0 amide bonds. The lowest BCUT2D eigenvalue weighted by atomic mass is 9.80. The van der Waals surface area contributed by atoms with Crippen LogP contribution in [0.15, 0.2) is 11.6 Å². The minimum absolute atomic E-state index is 0.502. The second-order valence-corrected chi connectivity index (χ2v) is 6.81. The van der Waals surface area contributed by atoms with Crippen LogP contribution in [0, 0.1) is 11.8 Å². The third-order valence-corrected chi connectivity index (χ3v) is 5.16. The van der Waals surface area contributed by atoms with Gasteiger partial charge in [-0.1, -0.05) is 18.6 Å². The van der Waals surface area contributed by atoms with Crippen LogP contribution in [0.1, 0.15) is 44.8 Å². The summed E-state index contributed by atoms with van der Waals surface area (Å²) in [5, 5.41) is 8.32. The van der Waals surface area contributed by atoms with Crippen LogP contribution < -0.4 is 5.32 Å². The molecule has 0 aromatic carbocycles. The highest BCUT2D eigenvalue weighted by Gasteiger charge is 2.25. The first-order chi connectivity index (χ1) is 10.7. The summed E-state index contributed by atoms with van der Waals surface area (Å²) in [5.41, 5.74) is 1.56. The largest absolute Gasteiger partial charge is 0.377 e. The third kappa shape index (κ3) is 3.41. The van der Waals surface area contributed by atoms with Crippen molar-refractivity contribution in [1.82, 2.24) is 20.1 Å². The number of hydrogen-bond donors (Lipinski definition) is 1. The molecule has 0 radical (unpaired) electrons. The molecule has 0 bridgehead atoms. The summed E-state index contributed by atoms with van der Waals surface area (Å²) in [7, 11) is 1.69. The van der Waals surface area contributed by atoms with Gasteiger partial charge in [-0.05, 0) is 38.0 Å². The summed E-state index contributed by atoms with van der Waals surface area (Å²) >= 11 is 0. The molecule has 22 heavy (non-hydrogen) atoms. The number of rotatable bonds is 5. The number of aryl methyl sites for hydroxylation is 1. The molecule has 3 atom stereocenters. The van der Waals surface area contributed by atoms with E-state index in [0.29, 0.717) is 18.6 Å². The fourth-order valence-electron chi connectivity index (χ4n) is 3.75. The van der Waals surface area contributed by atoms with Gasteiger partial charge in [0.25, 0.3) is 0 Å². The number of methoxy groups -OCH3 is 1. The molecule has 5 heteroatoms. The van der Waals surface area contributed by atoms with Crippen molar-refractivity contribution in [2.75, 3.05) is 13.7 Å². The van der Waals surface area contributed by atoms with E-state index in [1.54, 1.807) is 12.7 Å². The topological polar surface area (TPSA) is 52.0 Å². The van der Waals surface area contributed by atoms with Gasteiger partial charge in [0.2, 0.25) is 0 Å². The Morgan fingerprint density at radius 3 is 3.05 bits per heavy atom. The molecule has 0 saturated carbocycles. The zero-order valence-corrected chi connectivity index (χ0v) is 14.0. The zero-order valence-electron chi connectivity index (χ0n) is 14.0. The first kappa shape index (κ1) is 15.7. The third-order valence-electron chi connectivity index (χ3n) is 5.16. The highest BCUT2D eigenvalue weighted by molar-refractivity contribution is 5.09. The zero-order chi connectivity index (χ0) is 15.5. The average Bonchev–Trinajstić information content (AvgIpc) is 2.88. The Morgan fingerprint density at radius 2 is 2.27 bits per heavy atom. The van der Waals surface area contributed by atoms with Gasteiger partial charge in [-0.25, -0.2) is 9.67 Å². The molecular formula is C17H28N4O. The first-order valence-electron chi connectivity index (χ1n) is 8.49. The van der Waals surface area contributed by atoms with E-state index >= 15 is 0 Å². The van der Waals surface area contributed by atoms with Crippen LogP contribution in [0.5, 0.6) is 0 Å². The molecule has 1 aliphatic heterocycles. The van der Waals surface area contributed by atoms with Gasteiger partial charge in [-0.2, -0.15) is 5.10 Å². The van der Waals surface area contributed by atoms with Gasteiger partial charge in [0, 0.05) is 26.1 Å². The van der Waals surface area contributed by atoms with E-state index < -0.39 is 0 Å². The Kier molecular flexibility index (Phi) is 4.93. The smallest absolute Gasteiger partial charge is 0.176 e. The summed E-state index contributed by atoms with van der Waals surface area (Å²) in [6.07, 6.45) is 7.14. The van der Waals surface area contributed by atoms with Crippen molar-refractivity contribution in [3.63, 3.8) is 0 Å². The molecule has 1 aliphatic carbocycles. The van der Waals surface area contributed by atoms with Crippen LogP contribution >= 0.6 is 0 Å². The Bertz CT molecular complexity index is 537. The minimum Gasteiger partial charge on any atom is -0.377 e. The molecule has 1 N–H and O–H groups in total. The van der Waals surface area contributed by atoms with Crippen LogP contribution in [0.3, 0.4) is 0 Å². The van der Waals surface area contributed by atoms with Crippen molar-refractivity contribution < 1.29 is 4.74 Å². The number of nitrogens with one attached hydrogen (secondary N) is 1. The van der Waals surface area contributed by atoms with Gasteiger partial charge in [-0.15, -0.1) is 0 Å². The summed E-state index contributed by atoms with van der Waals surface area (Å²) in [4.78, 5) is 4.54. The van der Waals surface area contributed by atoms with Crippen molar-refractivity contribution in [3.8, 4) is 0 Å². The Morgan fingerprint density at radius 1 is 1.41 bits per heavy atom. The predicted molar refractivity (Wildman–Crippen MR) is 86.5 cm³/mol. The molecule has 3 rings (SSSR count). The summed E-state index contributed by atoms with van der Waals surface area (Å²) in [6, 6.07) is 0.506. The summed E-state index contributed by atoms with van der Waals surface area (Å²) in [5.74, 6) is 3.39. The van der Waals surface area contributed by atoms with Crippen LogP contribution in [0.25, 0.3) is 0 Å². The lowest BCUT2D eigenvalue weighted by molar-refractivity contribution is 0.177. The average molecular weight is 304 g/mol. The second-order valence-electron chi connectivity index (χ2n) is 6.81. The maximum absolute atomic E-state index is 5.12. The van der Waals surface area contributed by atoms with Crippen molar-refractivity contribution in [2.45, 2.75) is 58.7 Å². The molecular weight excluding hydrogens is 276 g/mol. The Hall–Kier alpha value is -1.20. The molecule has 0 spiro atoms. The van der Waals surface area contributed by atoms with E-state index in [1.165, 1.54) is 12.8 Å². The minimum atomic E-state index is 0.502. The number of nitrogens with zero attached hydrogens (tertiary/aromatic N) is 3. The molecule has 1 aromatic rings. The van der Waals surface area contributed by atoms with E-state index in [-0.39, 0.29) is 0 Å². The highest BCUT2D eigenvalue weighted by Crippen LogP contribution is 2.29. The monoisotopic (exact) mass is 304 g/mol. The van der Waals surface area contributed by atoms with Gasteiger partial charge in [0.05, 0.1) is 6.54 Å². The molecule has 5 nitrogen and oxygen atoms in total. The number of ether oxygens (including phenoxy) is 1. The highest BCUT2D eigenvalue weighted by atomic mass is 16.5. The molecule has 1 aromatic heterocycles. The molecule has 0 saturated heterocycles. The normalized spacial score (nSPS) is 28.3. The molecule has 2 heterocycles. The van der Waals surface area contributed by atoms with Crippen molar-refractivity contribution in [3.05, 3.63) is 23.3 Å². The van der Waals surface area contributed by atoms with Crippen molar-refractivity contribution in [2.24, 2.45) is 11.8 Å². The number of fused-ring (bicyclic) bond motifs is 1. The van der Waals surface area contributed by atoms with E-state index in [1.807, 2.05) is 0 Å². The van der Waals surface area contributed by atoms with Crippen LogP contribution in [0.4, 0.5) is 0 Å². The number of aromatic nitrogens is 3. The van der Waals surface area contributed by atoms with Crippen molar-refractivity contribution >= 4 is 0 Å². The Balaban J connectivity index is 1.56. The Labute approximate surface area is 133 Å². The molecule has 0 fully saturated rings. The lowest BCUT2D eigenvalue weighted by Gasteiger charge is -2.32. The van der Waals surface area contributed by atoms with Crippen molar-refractivity contribution in [1.29, 1.82) is 0 Å². The number of hydrogen-bond acceptors (Lipinski definition) is 4. The second kappa shape index (κ2) is 6.92. The molecule has 2 aliphatic rings. The maximum atomic E-state index is 5.12. The van der Waals surface area contributed by atoms with Gasteiger partial charge in [0.1, 0.15) is 12.4 Å².